The summed E-state index contributed by atoms with van der Waals surface area (Å²) in [6.07, 6.45) is 4.45. The van der Waals surface area contributed by atoms with Crippen molar-refractivity contribution in [2.75, 3.05) is 39.3 Å². The van der Waals surface area contributed by atoms with Gasteiger partial charge in [-0.1, -0.05) is 6.08 Å². The van der Waals surface area contributed by atoms with Crippen LogP contribution in [0.4, 0.5) is 0 Å². The van der Waals surface area contributed by atoms with E-state index in [4.69, 9.17) is 5.11 Å². The maximum atomic E-state index is 8.87. The summed E-state index contributed by atoms with van der Waals surface area (Å²) in [6, 6.07) is 0. The molecule has 2 N–H and O–H groups in total. The van der Waals surface area contributed by atoms with Crippen molar-refractivity contribution in [3.8, 4) is 0 Å². The van der Waals surface area contributed by atoms with Gasteiger partial charge < -0.3 is 10.4 Å². The third kappa shape index (κ3) is 4.22. The van der Waals surface area contributed by atoms with E-state index >= 15 is 0 Å². The number of aliphatic hydroxyl groups is 1. The largest absolute Gasteiger partial charge is 0.395 e. The molecule has 0 aliphatic carbocycles. The molecule has 3 nitrogen and oxygen atoms in total. The van der Waals surface area contributed by atoms with E-state index < -0.39 is 0 Å². The molecule has 0 aromatic carbocycles. The van der Waals surface area contributed by atoms with E-state index in [0.29, 0.717) is 0 Å². The Morgan fingerprint density at radius 2 is 2.36 bits per heavy atom. The van der Waals surface area contributed by atoms with Crippen molar-refractivity contribution in [1.82, 2.24) is 10.2 Å². The van der Waals surface area contributed by atoms with Crippen LogP contribution in [0.15, 0.2) is 12.7 Å². The number of hydrogen-bond acceptors (Lipinski definition) is 3. The second-order valence-electron chi connectivity index (χ2n) is 3.96. The van der Waals surface area contributed by atoms with Crippen molar-refractivity contribution in [1.29, 1.82) is 0 Å². The molecule has 1 rings (SSSR count). The smallest absolute Gasteiger partial charge is 0.0558 e. The van der Waals surface area contributed by atoms with E-state index in [2.05, 4.69) is 16.8 Å². The topological polar surface area (TPSA) is 35.5 Å². The molecule has 3 heteroatoms. The quantitative estimate of drug-likeness (QED) is 0.584. The Morgan fingerprint density at radius 1 is 1.50 bits per heavy atom. The molecule has 0 radical (unpaired) electrons. The first-order chi connectivity index (χ1) is 6.86. The zero-order valence-corrected chi connectivity index (χ0v) is 8.91. The highest BCUT2D eigenvalue weighted by atomic mass is 16.3. The van der Waals surface area contributed by atoms with Crippen LogP contribution < -0.4 is 5.32 Å². The monoisotopic (exact) mass is 198 g/mol. The van der Waals surface area contributed by atoms with Gasteiger partial charge in [0.2, 0.25) is 0 Å². The van der Waals surface area contributed by atoms with Crippen molar-refractivity contribution >= 4 is 0 Å². The summed E-state index contributed by atoms with van der Waals surface area (Å²) in [6.45, 7) is 9.06. The third-order valence-corrected chi connectivity index (χ3v) is 2.82. The fourth-order valence-corrected chi connectivity index (χ4v) is 1.94. The van der Waals surface area contributed by atoms with E-state index in [-0.39, 0.29) is 6.61 Å². The lowest BCUT2D eigenvalue weighted by Crippen LogP contribution is -2.29. The zero-order chi connectivity index (χ0) is 10.2. The van der Waals surface area contributed by atoms with Gasteiger partial charge in [0.15, 0.2) is 0 Å². The summed E-state index contributed by atoms with van der Waals surface area (Å²) in [5, 5.41) is 12.2. The minimum absolute atomic E-state index is 0.247. The van der Waals surface area contributed by atoms with Crippen molar-refractivity contribution in [3.05, 3.63) is 12.7 Å². The molecular weight excluding hydrogens is 176 g/mol. The SMILES string of the molecule is C=CCN(CCO)CCC1CCNC1. The predicted octanol–water partition coefficient (Wildman–Crippen LogP) is 0.466. The second kappa shape index (κ2) is 6.98. The molecule has 1 aliphatic rings. The van der Waals surface area contributed by atoms with Gasteiger partial charge in [-0.3, -0.25) is 4.90 Å². The van der Waals surface area contributed by atoms with Crippen molar-refractivity contribution in [2.45, 2.75) is 12.8 Å². The van der Waals surface area contributed by atoms with Gasteiger partial charge in [-0.15, -0.1) is 6.58 Å². The molecule has 1 unspecified atom stereocenters. The van der Waals surface area contributed by atoms with Gasteiger partial charge in [0.25, 0.3) is 0 Å². The predicted molar refractivity (Wildman–Crippen MR) is 59.3 cm³/mol. The first kappa shape index (κ1) is 11.7. The first-order valence-corrected chi connectivity index (χ1v) is 5.51. The van der Waals surface area contributed by atoms with Crippen LogP contribution in [0.3, 0.4) is 0 Å². The lowest BCUT2D eigenvalue weighted by molar-refractivity contribution is 0.200. The number of aliphatic hydroxyl groups excluding tert-OH is 1. The molecule has 1 fully saturated rings. The standard InChI is InChI=1S/C11H22N2O/c1-2-6-13(8-9-14)7-4-11-3-5-12-10-11/h2,11-12,14H,1,3-10H2. The molecule has 1 saturated heterocycles. The summed E-state index contributed by atoms with van der Waals surface area (Å²) in [5.41, 5.74) is 0. The summed E-state index contributed by atoms with van der Waals surface area (Å²) in [5.74, 6) is 0.834. The molecule has 82 valence electrons. The summed E-state index contributed by atoms with van der Waals surface area (Å²) < 4.78 is 0. The van der Waals surface area contributed by atoms with Gasteiger partial charge in [0.05, 0.1) is 6.61 Å². The summed E-state index contributed by atoms with van der Waals surface area (Å²) in [7, 11) is 0. The molecule has 1 aliphatic heterocycles. The van der Waals surface area contributed by atoms with Crippen LogP contribution in [-0.4, -0.2) is 49.3 Å². The molecule has 0 aromatic heterocycles. The van der Waals surface area contributed by atoms with E-state index in [9.17, 15) is 0 Å². The number of hydrogen-bond donors (Lipinski definition) is 2. The van der Waals surface area contributed by atoms with E-state index in [1.54, 1.807) is 0 Å². The van der Waals surface area contributed by atoms with Crippen LogP contribution in [0.25, 0.3) is 0 Å². The van der Waals surface area contributed by atoms with E-state index in [0.717, 1.165) is 25.6 Å². The molecule has 0 saturated carbocycles. The fourth-order valence-electron chi connectivity index (χ4n) is 1.94. The average molecular weight is 198 g/mol. The highest BCUT2D eigenvalue weighted by Crippen LogP contribution is 2.12. The van der Waals surface area contributed by atoms with Crippen LogP contribution in [0.5, 0.6) is 0 Å². The Morgan fingerprint density at radius 3 is 2.93 bits per heavy atom. The zero-order valence-electron chi connectivity index (χ0n) is 8.91. The lowest BCUT2D eigenvalue weighted by atomic mass is 10.0. The van der Waals surface area contributed by atoms with Crippen LogP contribution in [0.1, 0.15) is 12.8 Å². The van der Waals surface area contributed by atoms with Crippen LogP contribution in [0.2, 0.25) is 0 Å². The third-order valence-electron chi connectivity index (χ3n) is 2.82. The summed E-state index contributed by atoms with van der Waals surface area (Å²) in [4.78, 5) is 2.26. The maximum Gasteiger partial charge on any atom is 0.0558 e. The second-order valence-corrected chi connectivity index (χ2v) is 3.96. The highest BCUT2D eigenvalue weighted by molar-refractivity contribution is 4.76. The molecule has 0 spiro atoms. The molecule has 0 bridgehead atoms. The molecule has 14 heavy (non-hydrogen) atoms. The Balaban J connectivity index is 2.13. The molecular formula is C11H22N2O. The van der Waals surface area contributed by atoms with Crippen LogP contribution in [-0.2, 0) is 0 Å². The Labute approximate surface area is 86.8 Å². The number of rotatable bonds is 7. The van der Waals surface area contributed by atoms with Gasteiger partial charge in [0, 0.05) is 13.1 Å². The normalized spacial score (nSPS) is 21.7. The van der Waals surface area contributed by atoms with Crippen molar-refractivity contribution < 1.29 is 5.11 Å². The van der Waals surface area contributed by atoms with Crippen molar-refractivity contribution in [2.24, 2.45) is 5.92 Å². The molecule has 0 amide bonds. The van der Waals surface area contributed by atoms with Gasteiger partial charge in [-0.2, -0.15) is 0 Å². The lowest BCUT2D eigenvalue weighted by Gasteiger charge is -2.20. The number of nitrogens with zero attached hydrogens (tertiary/aromatic N) is 1. The molecule has 1 atom stereocenters. The average Bonchev–Trinajstić information content (AvgIpc) is 2.67. The Kier molecular flexibility index (Phi) is 5.83. The van der Waals surface area contributed by atoms with Crippen molar-refractivity contribution in [3.63, 3.8) is 0 Å². The van der Waals surface area contributed by atoms with Crippen LogP contribution >= 0.6 is 0 Å². The van der Waals surface area contributed by atoms with E-state index in [1.807, 2.05) is 6.08 Å². The van der Waals surface area contributed by atoms with Gasteiger partial charge in [0.1, 0.15) is 0 Å². The minimum Gasteiger partial charge on any atom is -0.395 e. The fraction of sp³-hybridized carbons (Fsp3) is 0.818. The van der Waals surface area contributed by atoms with E-state index in [1.165, 1.54) is 25.9 Å². The maximum absolute atomic E-state index is 8.87. The Bertz CT molecular complexity index is 155. The van der Waals surface area contributed by atoms with Gasteiger partial charge >= 0.3 is 0 Å². The van der Waals surface area contributed by atoms with Crippen LogP contribution in [0, 0.1) is 5.92 Å². The van der Waals surface area contributed by atoms with Gasteiger partial charge in [-0.05, 0) is 38.4 Å². The molecule has 0 aromatic rings. The summed E-state index contributed by atoms with van der Waals surface area (Å²) >= 11 is 0. The number of nitrogens with one attached hydrogen (secondary N) is 1. The Hall–Kier alpha value is -0.380. The molecule has 1 heterocycles. The van der Waals surface area contributed by atoms with Gasteiger partial charge in [-0.25, -0.2) is 0 Å². The highest BCUT2D eigenvalue weighted by Gasteiger charge is 2.15. The first-order valence-electron chi connectivity index (χ1n) is 5.51. The minimum atomic E-state index is 0.247.